The molecule has 1 saturated carbocycles. The normalized spacial score (nSPS) is 22.9. The minimum Gasteiger partial charge on any atom is -0.381 e. The van der Waals surface area contributed by atoms with Crippen molar-refractivity contribution in [1.29, 1.82) is 0 Å². The lowest BCUT2D eigenvalue weighted by molar-refractivity contribution is 0.0519. The molecule has 2 aromatic rings. The molecule has 1 fully saturated rings. The SMILES string of the molecule is COC1CCC(C(=O)c2ccc3cccnc3c2)CC1. The van der Waals surface area contributed by atoms with E-state index in [4.69, 9.17) is 4.74 Å². The second-order valence-electron chi connectivity index (χ2n) is 5.48. The van der Waals surface area contributed by atoms with Gasteiger partial charge in [-0.2, -0.15) is 0 Å². The number of benzene rings is 1. The second kappa shape index (κ2) is 5.71. The topological polar surface area (TPSA) is 39.2 Å². The molecule has 0 unspecified atom stereocenters. The van der Waals surface area contributed by atoms with Crippen molar-refractivity contribution in [3.05, 3.63) is 42.1 Å². The second-order valence-corrected chi connectivity index (χ2v) is 5.48. The zero-order valence-corrected chi connectivity index (χ0v) is 11.7. The van der Waals surface area contributed by atoms with Crippen LogP contribution in [0.15, 0.2) is 36.5 Å². The Balaban J connectivity index is 1.79. The van der Waals surface area contributed by atoms with E-state index in [0.717, 1.165) is 42.1 Å². The summed E-state index contributed by atoms with van der Waals surface area (Å²) in [6.45, 7) is 0. The van der Waals surface area contributed by atoms with Crippen molar-refractivity contribution in [2.24, 2.45) is 5.92 Å². The molecule has 0 atom stereocenters. The van der Waals surface area contributed by atoms with Crippen LogP contribution in [-0.4, -0.2) is 24.0 Å². The molecular weight excluding hydrogens is 250 g/mol. The summed E-state index contributed by atoms with van der Waals surface area (Å²) in [5, 5.41) is 1.08. The highest BCUT2D eigenvalue weighted by Gasteiger charge is 2.26. The van der Waals surface area contributed by atoms with Crippen LogP contribution >= 0.6 is 0 Å². The van der Waals surface area contributed by atoms with Crippen LogP contribution in [-0.2, 0) is 4.74 Å². The first-order valence-electron chi connectivity index (χ1n) is 7.19. The molecule has 0 bridgehead atoms. The first kappa shape index (κ1) is 13.3. The van der Waals surface area contributed by atoms with E-state index in [9.17, 15) is 4.79 Å². The Bertz CT molecular complexity index is 615. The van der Waals surface area contributed by atoms with Crippen molar-refractivity contribution in [3.8, 4) is 0 Å². The van der Waals surface area contributed by atoms with Gasteiger partial charge in [-0.3, -0.25) is 9.78 Å². The number of hydrogen-bond donors (Lipinski definition) is 0. The van der Waals surface area contributed by atoms with Crippen molar-refractivity contribution in [3.63, 3.8) is 0 Å². The maximum atomic E-state index is 12.6. The molecule has 20 heavy (non-hydrogen) atoms. The quantitative estimate of drug-likeness (QED) is 0.799. The molecule has 104 valence electrons. The number of carbonyl (C=O) groups is 1. The van der Waals surface area contributed by atoms with Gasteiger partial charge in [-0.05, 0) is 37.8 Å². The van der Waals surface area contributed by atoms with Gasteiger partial charge < -0.3 is 4.74 Å². The summed E-state index contributed by atoms with van der Waals surface area (Å²) >= 11 is 0. The Hall–Kier alpha value is -1.74. The molecule has 1 aliphatic rings. The van der Waals surface area contributed by atoms with Gasteiger partial charge in [0.25, 0.3) is 0 Å². The monoisotopic (exact) mass is 269 g/mol. The lowest BCUT2D eigenvalue weighted by Gasteiger charge is -2.26. The number of hydrogen-bond acceptors (Lipinski definition) is 3. The Morgan fingerprint density at radius 2 is 2.00 bits per heavy atom. The van der Waals surface area contributed by atoms with Gasteiger partial charge in [0.1, 0.15) is 0 Å². The number of Topliss-reactive ketones (excluding diaryl/α,β-unsaturated/α-hetero) is 1. The molecular formula is C17H19NO2. The summed E-state index contributed by atoms with van der Waals surface area (Å²) < 4.78 is 5.36. The molecule has 3 rings (SSSR count). The fourth-order valence-electron chi connectivity index (χ4n) is 3.02. The molecule has 1 aliphatic carbocycles. The Labute approximate surface area is 119 Å². The molecule has 3 nitrogen and oxygen atoms in total. The van der Waals surface area contributed by atoms with Crippen LogP contribution in [0.4, 0.5) is 0 Å². The predicted octanol–water partition coefficient (Wildman–Crippen LogP) is 3.62. The van der Waals surface area contributed by atoms with E-state index in [1.54, 1.807) is 13.3 Å². The Morgan fingerprint density at radius 3 is 2.75 bits per heavy atom. The third kappa shape index (κ3) is 2.59. The first-order chi connectivity index (χ1) is 9.78. The molecule has 3 heteroatoms. The lowest BCUT2D eigenvalue weighted by atomic mass is 9.82. The minimum absolute atomic E-state index is 0.141. The third-order valence-electron chi connectivity index (χ3n) is 4.27. The standard InChI is InChI=1S/C17H19NO2/c1-20-15-8-6-13(7-9-15)17(19)14-5-4-12-3-2-10-18-16(12)11-14/h2-5,10-11,13,15H,6-9H2,1H3. The fraction of sp³-hybridized carbons (Fsp3) is 0.412. The average Bonchev–Trinajstić information content (AvgIpc) is 2.54. The Kier molecular flexibility index (Phi) is 3.79. The van der Waals surface area contributed by atoms with E-state index in [1.165, 1.54) is 0 Å². The summed E-state index contributed by atoms with van der Waals surface area (Å²) in [6.07, 6.45) is 5.92. The zero-order valence-electron chi connectivity index (χ0n) is 11.7. The van der Waals surface area contributed by atoms with Crippen LogP contribution in [0.2, 0.25) is 0 Å². The van der Waals surface area contributed by atoms with Gasteiger partial charge in [-0.1, -0.05) is 18.2 Å². The predicted molar refractivity (Wildman–Crippen MR) is 78.8 cm³/mol. The fourth-order valence-corrected chi connectivity index (χ4v) is 3.02. The van der Waals surface area contributed by atoms with Crippen molar-refractivity contribution < 1.29 is 9.53 Å². The van der Waals surface area contributed by atoms with Gasteiger partial charge in [0.2, 0.25) is 0 Å². The summed E-state index contributed by atoms with van der Waals surface area (Å²) in [4.78, 5) is 16.9. The van der Waals surface area contributed by atoms with E-state index in [1.807, 2.05) is 30.3 Å². The van der Waals surface area contributed by atoms with Crippen molar-refractivity contribution in [2.45, 2.75) is 31.8 Å². The molecule has 0 aliphatic heterocycles. The molecule has 0 spiro atoms. The number of rotatable bonds is 3. The summed E-state index contributed by atoms with van der Waals surface area (Å²) in [6, 6.07) is 9.75. The highest BCUT2D eigenvalue weighted by atomic mass is 16.5. The number of nitrogens with zero attached hydrogens (tertiary/aromatic N) is 1. The van der Waals surface area contributed by atoms with Gasteiger partial charge in [0.15, 0.2) is 5.78 Å². The largest absolute Gasteiger partial charge is 0.381 e. The number of carbonyl (C=O) groups excluding carboxylic acids is 1. The number of ketones is 1. The average molecular weight is 269 g/mol. The molecule has 1 aromatic heterocycles. The van der Waals surface area contributed by atoms with Gasteiger partial charge in [-0.25, -0.2) is 0 Å². The maximum Gasteiger partial charge on any atom is 0.166 e. The number of fused-ring (bicyclic) bond motifs is 1. The van der Waals surface area contributed by atoms with E-state index in [2.05, 4.69) is 4.98 Å². The van der Waals surface area contributed by atoms with Crippen molar-refractivity contribution >= 4 is 16.7 Å². The van der Waals surface area contributed by atoms with Crippen LogP contribution < -0.4 is 0 Å². The van der Waals surface area contributed by atoms with Crippen LogP contribution in [0.3, 0.4) is 0 Å². The van der Waals surface area contributed by atoms with Crippen molar-refractivity contribution in [1.82, 2.24) is 4.98 Å². The number of methoxy groups -OCH3 is 1. The molecule has 0 N–H and O–H groups in total. The smallest absolute Gasteiger partial charge is 0.166 e. The molecule has 0 saturated heterocycles. The lowest BCUT2D eigenvalue weighted by Crippen LogP contribution is -2.25. The number of aromatic nitrogens is 1. The van der Waals surface area contributed by atoms with E-state index in [-0.39, 0.29) is 11.7 Å². The molecule has 1 heterocycles. The third-order valence-corrected chi connectivity index (χ3v) is 4.27. The number of ether oxygens (including phenoxy) is 1. The first-order valence-corrected chi connectivity index (χ1v) is 7.19. The minimum atomic E-state index is 0.141. The molecule has 0 amide bonds. The highest BCUT2D eigenvalue weighted by Crippen LogP contribution is 2.29. The van der Waals surface area contributed by atoms with Gasteiger partial charge in [0.05, 0.1) is 11.6 Å². The zero-order chi connectivity index (χ0) is 13.9. The molecule has 1 aromatic carbocycles. The van der Waals surface area contributed by atoms with Crippen LogP contribution in [0.5, 0.6) is 0 Å². The van der Waals surface area contributed by atoms with Crippen LogP contribution in [0.25, 0.3) is 10.9 Å². The van der Waals surface area contributed by atoms with Gasteiger partial charge in [0, 0.05) is 30.2 Å². The summed E-state index contributed by atoms with van der Waals surface area (Å²) in [5.74, 6) is 0.398. The summed E-state index contributed by atoms with van der Waals surface area (Å²) in [5.41, 5.74) is 1.68. The van der Waals surface area contributed by atoms with Gasteiger partial charge >= 0.3 is 0 Å². The highest BCUT2D eigenvalue weighted by molar-refractivity contribution is 6.00. The van der Waals surface area contributed by atoms with Crippen molar-refractivity contribution in [2.75, 3.05) is 7.11 Å². The van der Waals surface area contributed by atoms with Crippen LogP contribution in [0, 0.1) is 5.92 Å². The number of pyridine rings is 1. The van der Waals surface area contributed by atoms with E-state index in [0.29, 0.717) is 6.10 Å². The summed E-state index contributed by atoms with van der Waals surface area (Å²) in [7, 11) is 1.75. The van der Waals surface area contributed by atoms with E-state index >= 15 is 0 Å². The van der Waals surface area contributed by atoms with E-state index < -0.39 is 0 Å². The van der Waals surface area contributed by atoms with Crippen LogP contribution in [0.1, 0.15) is 36.0 Å². The Morgan fingerprint density at radius 1 is 1.20 bits per heavy atom. The maximum absolute atomic E-state index is 12.6. The molecule has 0 radical (unpaired) electrons. The van der Waals surface area contributed by atoms with Gasteiger partial charge in [-0.15, -0.1) is 0 Å².